The predicted molar refractivity (Wildman–Crippen MR) is 123 cm³/mol. The molecule has 0 bridgehead atoms. The smallest absolute Gasteiger partial charge is 0.246 e. The molecule has 1 heterocycles. The number of benzene rings is 1. The van der Waals surface area contributed by atoms with Crippen molar-refractivity contribution in [1.82, 2.24) is 10.2 Å². The monoisotopic (exact) mass is 497 g/mol. The maximum atomic E-state index is 12.2. The highest BCUT2D eigenvalue weighted by Gasteiger charge is 2.23. The van der Waals surface area contributed by atoms with Crippen LogP contribution in [0, 0.1) is 18.3 Å². The molecule has 0 radical (unpaired) electrons. The van der Waals surface area contributed by atoms with Crippen LogP contribution in [-0.4, -0.2) is 48.9 Å². The van der Waals surface area contributed by atoms with Crippen molar-refractivity contribution in [3.05, 3.63) is 29.8 Å². The van der Waals surface area contributed by atoms with Gasteiger partial charge in [0.25, 0.3) is 0 Å². The summed E-state index contributed by atoms with van der Waals surface area (Å²) >= 11 is 0. The molecule has 8 heteroatoms. The number of aliphatic imine (C=N–C) groups is 1. The fraction of sp³-hybridized carbons (Fsp3) is 0.450. The minimum absolute atomic E-state index is 0. The summed E-state index contributed by atoms with van der Waals surface area (Å²) in [5.74, 6) is 2.94. The number of piperidine rings is 1. The van der Waals surface area contributed by atoms with Crippen LogP contribution in [0.2, 0.25) is 0 Å². The number of guanidine groups is 1. The van der Waals surface area contributed by atoms with E-state index in [1.165, 1.54) is 0 Å². The zero-order chi connectivity index (χ0) is 19.6. The molecule has 0 saturated carbocycles. The summed E-state index contributed by atoms with van der Waals surface area (Å²) in [4.78, 5) is 30.0. The highest BCUT2D eigenvalue weighted by Crippen LogP contribution is 2.19. The maximum absolute atomic E-state index is 12.2. The molecule has 0 spiro atoms. The second-order valence-electron chi connectivity index (χ2n) is 6.57. The van der Waals surface area contributed by atoms with Crippen LogP contribution in [0.1, 0.15) is 31.7 Å². The average Bonchev–Trinajstić information content (AvgIpc) is 2.65. The number of terminal acetylenes is 1. The number of carbonyl (C=O) groups excluding carboxylic acids is 2. The fourth-order valence-corrected chi connectivity index (χ4v) is 3.17. The van der Waals surface area contributed by atoms with E-state index in [0.717, 1.165) is 19.4 Å². The van der Waals surface area contributed by atoms with E-state index < -0.39 is 0 Å². The van der Waals surface area contributed by atoms with Crippen molar-refractivity contribution in [3.8, 4) is 12.3 Å². The molecule has 1 atom stereocenters. The summed E-state index contributed by atoms with van der Waals surface area (Å²) in [7, 11) is 0. The lowest BCUT2D eigenvalue weighted by atomic mass is 9.95. The Hall–Kier alpha value is -2.28. The summed E-state index contributed by atoms with van der Waals surface area (Å²) in [6.07, 6.45) is 7.70. The van der Waals surface area contributed by atoms with Crippen molar-refractivity contribution in [2.75, 3.05) is 31.5 Å². The Labute approximate surface area is 183 Å². The van der Waals surface area contributed by atoms with Crippen molar-refractivity contribution >= 4 is 47.4 Å². The quantitative estimate of drug-likeness (QED) is 0.242. The Morgan fingerprint density at radius 3 is 2.89 bits per heavy atom. The van der Waals surface area contributed by atoms with Crippen molar-refractivity contribution in [3.63, 3.8) is 0 Å². The van der Waals surface area contributed by atoms with Gasteiger partial charge in [-0.25, -0.2) is 4.99 Å². The molecule has 1 aromatic rings. The number of nitrogens with two attached hydrogens (primary N) is 1. The number of hydrogen-bond donors (Lipinski definition) is 3. The molecule has 4 N–H and O–H groups in total. The molecule has 7 nitrogen and oxygen atoms in total. The average molecular weight is 497 g/mol. The number of hydrogen-bond acceptors (Lipinski definition) is 3. The summed E-state index contributed by atoms with van der Waals surface area (Å²) in [5.41, 5.74) is 6.68. The first-order valence-corrected chi connectivity index (χ1v) is 9.20. The van der Waals surface area contributed by atoms with Crippen LogP contribution in [0.15, 0.2) is 29.3 Å². The van der Waals surface area contributed by atoms with E-state index in [-0.39, 0.29) is 48.3 Å². The van der Waals surface area contributed by atoms with Gasteiger partial charge in [-0.05, 0) is 43.9 Å². The maximum Gasteiger partial charge on any atom is 0.246 e. The van der Waals surface area contributed by atoms with Gasteiger partial charge in [0.15, 0.2) is 5.96 Å². The van der Waals surface area contributed by atoms with Crippen molar-refractivity contribution in [1.29, 1.82) is 0 Å². The van der Waals surface area contributed by atoms with E-state index in [4.69, 9.17) is 12.2 Å². The molecule has 2 amide bonds. The summed E-state index contributed by atoms with van der Waals surface area (Å²) in [6, 6.07) is 7.12. The first kappa shape index (κ1) is 23.8. The number of nitrogens with zero attached hydrogens (tertiary/aromatic N) is 2. The number of primary amides is 1. The minimum Gasteiger partial charge on any atom is -0.370 e. The van der Waals surface area contributed by atoms with Gasteiger partial charge in [0.1, 0.15) is 6.54 Å². The van der Waals surface area contributed by atoms with Gasteiger partial charge in [0.2, 0.25) is 11.8 Å². The Morgan fingerprint density at radius 1 is 1.43 bits per heavy atom. The van der Waals surface area contributed by atoms with Crippen molar-refractivity contribution in [2.24, 2.45) is 16.6 Å². The molecule has 1 unspecified atom stereocenters. The van der Waals surface area contributed by atoms with Gasteiger partial charge in [0.05, 0.1) is 0 Å². The van der Waals surface area contributed by atoms with E-state index in [1.54, 1.807) is 24.3 Å². The van der Waals surface area contributed by atoms with E-state index in [0.29, 0.717) is 36.7 Å². The minimum atomic E-state index is -0.280. The lowest BCUT2D eigenvalue weighted by Crippen LogP contribution is -2.47. The van der Waals surface area contributed by atoms with Crippen molar-refractivity contribution in [2.45, 2.75) is 26.2 Å². The van der Waals surface area contributed by atoms with E-state index in [2.05, 4.69) is 26.4 Å². The van der Waals surface area contributed by atoms with Gasteiger partial charge in [0, 0.05) is 37.3 Å². The van der Waals surface area contributed by atoms with Gasteiger partial charge in [-0.1, -0.05) is 12.0 Å². The SMILES string of the molecule is C#Cc1cccc(NC(=O)CN=C(NCC)N2CCCC(CC(N)=O)C2)c1.I. The molecular formula is C20H28IN5O2. The van der Waals surface area contributed by atoms with E-state index in [1.807, 2.05) is 6.92 Å². The topological polar surface area (TPSA) is 99.8 Å². The molecule has 2 rings (SSSR count). The van der Waals surface area contributed by atoms with Crippen LogP contribution < -0.4 is 16.4 Å². The van der Waals surface area contributed by atoms with E-state index >= 15 is 0 Å². The number of anilines is 1. The fourth-order valence-electron chi connectivity index (χ4n) is 3.17. The largest absolute Gasteiger partial charge is 0.370 e. The Balaban J connectivity index is 0.00000392. The molecule has 1 aliphatic heterocycles. The third-order valence-electron chi connectivity index (χ3n) is 4.33. The lowest BCUT2D eigenvalue weighted by molar-refractivity contribution is -0.119. The van der Waals surface area contributed by atoms with Gasteiger partial charge in [-0.3, -0.25) is 9.59 Å². The number of halogens is 1. The lowest BCUT2D eigenvalue weighted by Gasteiger charge is -2.34. The second kappa shape index (κ2) is 12.2. The zero-order valence-corrected chi connectivity index (χ0v) is 18.4. The Bertz CT molecular complexity index is 744. The number of rotatable bonds is 6. The number of amides is 2. The summed E-state index contributed by atoms with van der Waals surface area (Å²) < 4.78 is 0. The summed E-state index contributed by atoms with van der Waals surface area (Å²) in [5, 5.41) is 6.02. The molecule has 1 fully saturated rings. The van der Waals surface area contributed by atoms with Gasteiger partial charge in [-0.15, -0.1) is 30.4 Å². The van der Waals surface area contributed by atoms with Crippen LogP contribution in [0.5, 0.6) is 0 Å². The molecule has 28 heavy (non-hydrogen) atoms. The predicted octanol–water partition coefficient (Wildman–Crippen LogP) is 1.78. The molecule has 0 aromatic heterocycles. The molecule has 0 aliphatic carbocycles. The number of likely N-dealkylation sites (tertiary alicyclic amines) is 1. The molecule has 152 valence electrons. The molecule has 1 aliphatic rings. The van der Waals surface area contributed by atoms with Crippen LogP contribution in [0.3, 0.4) is 0 Å². The van der Waals surface area contributed by atoms with Gasteiger partial charge in [-0.2, -0.15) is 0 Å². The Kier molecular flexibility index (Phi) is 10.4. The standard InChI is InChI=1S/C20H27N5O2.HI/c1-3-15-7-5-9-17(11-15)24-19(27)13-23-20(22-4-2)25-10-6-8-16(14-25)12-18(21)26;/h1,5,7,9,11,16H,4,6,8,10,12-14H2,2H3,(H2,21,26)(H,22,23)(H,24,27);1H. The van der Waals surface area contributed by atoms with Crippen LogP contribution in [-0.2, 0) is 9.59 Å². The summed E-state index contributed by atoms with van der Waals surface area (Å²) in [6.45, 7) is 4.22. The first-order valence-electron chi connectivity index (χ1n) is 9.20. The number of nitrogens with one attached hydrogen (secondary N) is 2. The zero-order valence-electron chi connectivity index (χ0n) is 16.1. The second-order valence-corrected chi connectivity index (χ2v) is 6.57. The number of carbonyl (C=O) groups is 2. The van der Waals surface area contributed by atoms with Gasteiger partial charge < -0.3 is 21.3 Å². The van der Waals surface area contributed by atoms with Crippen LogP contribution in [0.25, 0.3) is 0 Å². The van der Waals surface area contributed by atoms with Crippen LogP contribution >= 0.6 is 24.0 Å². The van der Waals surface area contributed by atoms with E-state index in [9.17, 15) is 9.59 Å². The first-order chi connectivity index (χ1) is 13.0. The van der Waals surface area contributed by atoms with Gasteiger partial charge >= 0.3 is 0 Å². The molecule has 1 aromatic carbocycles. The highest BCUT2D eigenvalue weighted by atomic mass is 127. The normalized spacial score (nSPS) is 16.5. The molecule has 1 saturated heterocycles. The van der Waals surface area contributed by atoms with Crippen molar-refractivity contribution < 1.29 is 9.59 Å². The molecular weight excluding hydrogens is 469 g/mol. The third kappa shape index (κ3) is 7.76. The third-order valence-corrected chi connectivity index (χ3v) is 4.33. The highest BCUT2D eigenvalue weighted by molar-refractivity contribution is 14.0. The Morgan fingerprint density at radius 2 is 2.21 bits per heavy atom. The van der Waals surface area contributed by atoms with Crippen LogP contribution in [0.4, 0.5) is 5.69 Å².